The molecule has 0 spiro atoms. The maximum atomic E-state index is 14.9. The molecule has 0 saturated heterocycles. The minimum Gasteiger partial charge on any atom is -0.493 e. The number of fused-ring (bicyclic) bond motifs is 2. The van der Waals surface area contributed by atoms with Crippen molar-refractivity contribution < 1.29 is 17.7 Å². The first-order chi connectivity index (χ1) is 13.0. The van der Waals surface area contributed by atoms with E-state index in [4.69, 9.17) is 4.74 Å². The minimum atomic E-state index is -1.81. The van der Waals surface area contributed by atoms with Crippen LogP contribution in [0.5, 0.6) is 5.75 Å². The van der Waals surface area contributed by atoms with Crippen molar-refractivity contribution in [2.75, 3.05) is 7.11 Å². The molecule has 1 atom stereocenters. The summed E-state index contributed by atoms with van der Waals surface area (Å²) in [5, 5.41) is 2.62. The predicted octanol–water partition coefficient (Wildman–Crippen LogP) is 6.36. The quantitative estimate of drug-likeness (QED) is 0.342. The van der Waals surface area contributed by atoms with Gasteiger partial charge >= 0.3 is 0 Å². The Morgan fingerprint density at radius 1 is 0.852 bits per heavy atom. The average molecular weight is 447 g/mol. The monoisotopic (exact) mass is 446 g/mol. The Balaban J connectivity index is 2.31. The van der Waals surface area contributed by atoms with Gasteiger partial charge in [-0.25, -0.2) is 13.0 Å². The van der Waals surface area contributed by atoms with E-state index in [9.17, 15) is 13.0 Å². The normalized spacial score (nSPS) is 12.4. The van der Waals surface area contributed by atoms with E-state index in [1.54, 1.807) is 36.4 Å². The highest BCUT2D eigenvalue weighted by Gasteiger charge is 2.25. The standard InChI is InChI=1S/C21H13BrF2O2S/c1-26-20-16(23)10-12-6-2-4-8-14(12)18(20)19-15-9-5-3-7-13(15)11-17(24)21(19)27(22)25/h2-11H,1H3. The molecule has 0 heterocycles. The van der Waals surface area contributed by atoms with Crippen LogP contribution in [0.4, 0.5) is 8.78 Å². The van der Waals surface area contributed by atoms with Crippen molar-refractivity contribution in [1.82, 2.24) is 0 Å². The van der Waals surface area contributed by atoms with Crippen LogP contribution < -0.4 is 4.74 Å². The lowest BCUT2D eigenvalue weighted by Crippen LogP contribution is -2.00. The average Bonchev–Trinajstić information content (AvgIpc) is 2.65. The second kappa shape index (κ2) is 7.02. The van der Waals surface area contributed by atoms with Crippen LogP contribution in [0.1, 0.15) is 0 Å². The molecular weight excluding hydrogens is 434 g/mol. The summed E-state index contributed by atoms with van der Waals surface area (Å²) >= 11 is 2.99. The fraction of sp³-hybridized carbons (Fsp3) is 0.0476. The molecule has 0 bridgehead atoms. The summed E-state index contributed by atoms with van der Waals surface area (Å²) in [5.74, 6) is -1.20. The van der Waals surface area contributed by atoms with Crippen molar-refractivity contribution in [2.24, 2.45) is 0 Å². The van der Waals surface area contributed by atoms with Crippen molar-refractivity contribution >= 4 is 45.6 Å². The van der Waals surface area contributed by atoms with Gasteiger partial charge in [-0.3, -0.25) is 0 Å². The molecule has 4 aromatic carbocycles. The Morgan fingerprint density at radius 2 is 1.37 bits per heavy atom. The first kappa shape index (κ1) is 18.1. The van der Waals surface area contributed by atoms with E-state index in [0.717, 1.165) is 0 Å². The smallest absolute Gasteiger partial charge is 0.166 e. The summed E-state index contributed by atoms with van der Waals surface area (Å²) in [6, 6.07) is 17.1. The maximum Gasteiger partial charge on any atom is 0.166 e. The Hall–Kier alpha value is -2.31. The van der Waals surface area contributed by atoms with Gasteiger partial charge in [0, 0.05) is 25.9 Å². The Labute approximate surface area is 164 Å². The first-order valence-corrected chi connectivity index (χ1v) is 11.1. The van der Waals surface area contributed by atoms with Crippen LogP contribution in [0.25, 0.3) is 32.7 Å². The van der Waals surface area contributed by atoms with Gasteiger partial charge in [-0.15, -0.1) is 0 Å². The van der Waals surface area contributed by atoms with Gasteiger partial charge in [0.05, 0.1) is 12.0 Å². The highest BCUT2D eigenvalue weighted by molar-refractivity contribution is 9.46. The van der Waals surface area contributed by atoms with Crippen molar-refractivity contribution in [3.05, 3.63) is 72.3 Å². The maximum absolute atomic E-state index is 14.9. The molecule has 136 valence electrons. The van der Waals surface area contributed by atoms with Gasteiger partial charge in [0.15, 0.2) is 11.6 Å². The van der Waals surface area contributed by atoms with Crippen molar-refractivity contribution in [1.29, 1.82) is 0 Å². The lowest BCUT2D eigenvalue weighted by Gasteiger charge is -2.18. The van der Waals surface area contributed by atoms with E-state index in [1.165, 1.54) is 19.2 Å². The first-order valence-electron chi connectivity index (χ1n) is 8.07. The number of benzene rings is 4. The number of ether oxygens (including phenoxy) is 1. The van der Waals surface area contributed by atoms with Crippen LogP contribution in [0.15, 0.2) is 65.6 Å². The number of hydrogen-bond acceptors (Lipinski definition) is 2. The van der Waals surface area contributed by atoms with Crippen LogP contribution in [0.3, 0.4) is 0 Å². The van der Waals surface area contributed by atoms with Gasteiger partial charge in [-0.05, 0) is 33.7 Å². The Bertz CT molecular complexity index is 1220. The molecule has 27 heavy (non-hydrogen) atoms. The van der Waals surface area contributed by atoms with Gasteiger partial charge in [0.2, 0.25) is 0 Å². The van der Waals surface area contributed by atoms with Gasteiger partial charge in [-0.2, -0.15) is 0 Å². The van der Waals surface area contributed by atoms with Crippen LogP contribution in [-0.4, -0.2) is 11.3 Å². The third-order valence-corrected chi connectivity index (χ3v) is 6.22. The molecule has 0 aliphatic rings. The summed E-state index contributed by atoms with van der Waals surface area (Å²) in [6.07, 6.45) is 0. The number of hydrogen-bond donors (Lipinski definition) is 0. The SMILES string of the molecule is COc1c(F)cc2ccccc2c1-c1c(S(=O)Br)c(F)cc2ccccc12. The van der Waals surface area contributed by atoms with Gasteiger partial charge in [0.25, 0.3) is 0 Å². The number of rotatable bonds is 3. The molecule has 6 heteroatoms. The lowest BCUT2D eigenvalue weighted by atomic mass is 9.92. The van der Waals surface area contributed by atoms with Crippen molar-refractivity contribution in [2.45, 2.75) is 4.90 Å². The highest BCUT2D eigenvalue weighted by atomic mass is 79.9. The predicted molar refractivity (Wildman–Crippen MR) is 109 cm³/mol. The highest BCUT2D eigenvalue weighted by Crippen LogP contribution is 2.46. The van der Waals surface area contributed by atoms with Gasteiger partial charge < -0.3 is 4.74 Å². The number of halogens is 3. The zero-order valence-electron chi connectivity index (χ0n) is 14.1. The molecule has 0 N–H and O–H groups in total. The molecule has 0 aromatic heterocycles. The molecule has 0 amide bonds. The molecule has 0 aliphatic heterocycles. The molecule has 0 saturated carbocycles. The third-order valence-electron chi connectivity index (χ3n) is 4.53. The van der Waals surface area contributed by atoms with Gasteiger partial charge in [0.1, 0.15) is 15.1 Å². The fourth-order valence-electron chi connectivity index (χ4n) is 3.44. The summed E-state index contributed by atoms with van der Waals surface area (Å²) in [4.78, 5) is -0.0391. The largest absolute Gasteiger partial charge is 0.493 e. The van der Waals surface area contributed by atoms with E-state index in [-0.39, 0.29) is 10.6 Å². The van der Waals surface area contributed by atoms with Crippen molar-refractivity contribution in [3.8, 4) is 16.9 Å². The van der Waals surface area contributed by atoms with Crippen LogP contribution in [0.2, 0.25) is 0 Å². The Kier molecular flexibility index (Phi) is 4.70. The Morgan fingerprint density at radius 3 is 1.93 bits per heavy atom. The molecule has 1 unspecified atom stereocenters. The second-order valence-corrected chi connectivity index (χ2v) is 8.61. The van der Waals surface area contributed by atoms with Crippen LogP contribution in [0, 0.1) is 11.6 Å². The molecule has 4 rings (SSSR count). The molecule has 2 nitrogen and oxygen atoms in total. The second-order valence-electron chi connectivity index (χ2n) is 5.99. The summed E-state index contributed by atoms with van der Waals surface area (Å²) in [5.41, 5.74) is 0.736. The van der Waals surface area contributed by atoms with E-state index >= 15 is 0 Å². The molecule has 0 fully saturated rings. The van der Waals surface area contributed by atoms with Gasteiger partial charge in [-0.1, -0.05) is 48.5 Å². The molecule has 0 radical (unpaired) electrons. The minimum absolute atomic E-state index is 0.0105. The number of methoxy groups -OCH3 is 1. The van der Waals surface area contributed by atoms with Crippen LogP contribution in [-0.2, 0) is 9.23 Å². The fourth-order valence-corrected chi connectivity index (χ4v) is 4.98. The van der Waals surface area contributed by atoms with Crippen LogP contribution >= 0.6 is 14.8 Å². The van der Waals surface area contributed by atoms with E-state index < -0.39 is 20.9 Å². The van der Waals surface area contributed by atoms with E-state index in [1.807, 2.05) is 12.1 Å². The summed E-state index contributed by atoms with van der Waals surface area (Å²) in [7, 11) is -0.445. The third kappa shape index (κ3) is 2.93. The van der Waals surface area contributed by atoms with Crippen molar-refractivity contribution in [3.63, 3.8) is 0 Å². The summed E-state index contributed by atoms with van der Waals surface area (Å²) in [6.45, 7) is 0. The van der Waals surface area contributed by atoms with E-state index in [2.05, 4.69) is 14.8 Å². The van der Waals surface area contributed by atoms with E-state index in [0.29, 0.717) is 32.7 Å². The zero-order valence-corrected chi connectivity index (χ0v) is 16.5. The molecule has 4 aromatic rings. The molecule has 0 aliphatic carbocycles. The summed E-state index contributed by atoms with van der Waals surface area (Å²) < 4.78 is 47.4. The zero-order chi connectivity index (χ0) is 19.1. The lowest BCUT2D eigenvalue weighted by molar-refractivity contribution is 0.389. The topological polar surface area (TPSA) is 26.3 Å². The molecular formula is C21H13BrF2O2S.